The predicted molar refractivity (Wildman–Crippen MR) is 287 cm³/mol. The minimum absolute atomic E-state index is 0.142. The molecule has 78 heavy (non-hydrogen) atoms. The Morgan fingerprint density at radius 3 is 1.47 bits per heavy atom. The van der Waals surface area contributed by atoms with E-state index in [0.29, 0.717) is 6.42 Å². The first-order valence-corrected chi connectivity index (χ1v) is 26.6. The fourth-order valence-electron chi connectivity index (χ4n) is 7.86. The molecule has 1 rings (SSSR count). The normalized spacial score (nSPS) is 20.9. The van der Waals surface area contributed by atoms with Crippen LogP contribution in [0.4, 0.5) is 24.0 Å². The molecule has 0 saturated carbocycles. The Kier molecular flexibility index (Phi) is 26.8. The van der Waals surface area contributed by atoms with Crippen LogP contribution in [0.2, 0.25) is 0 Å². The molecule has 25 heteroatoms. The van der Waals surface area contributed by atoms with Crippen molar-refractivity contribution in [2.45, 2.75) is 273 Å². The molecule has 0 bridgehead atoms. The maximum Gasteiger partial charge on any atom is 0.408 e. The first-order chi connectivity index (χ1) is 35.1. The molecular formula is C53H100N6O19. The van der Waals surface area contributed by atoms with E-state index < -0.39 is 150 Å². The van der Waals surface area contributed by atoms with Crippen LogP contribution in [0, 0.1) is 10.8 Å². The molecule has 10 N–H and O–H groups in total. The van der Waals surface area contributed by atoms with E-state index in [1.54, 1.807) is 118 Å². The average Bonchev–Trinajstić information content (AvgIpc) is 3.19. The second-order valence-electron chi connectivity index (χ2n) is 26.7. The molecule has 0 aromatic heterocycles. The summed E-state index contributed by atoms with van der Waals surface area (Å²) in [6.07, 6.45) is -17.1. The van der Waals surface area contributed by atoms with Crippen LogP contribution >= 0.6 is 0 Å². The van der Waals surface area contributed by atoms with Gasteiger partial charge in [-0.25, -0.2) is 24.0 Å². The number of aliphatic hydroxyl groups excluding tert-OH is 4. The standard InChI is InChI=1S/C53H100N6O19/c1-29(25-54-41(64)53(21,22)28-47(3,4)5)70-40(37(62)34(27-60)59-46(69)78-52(18,19)20)73-38(63)32(57-44(67)76-50(12,13)14)23-31(56-43(66)75-49(9,10)11)30(2)71-39-33(58-45(68)77-51(15,16)17)24-35(61)36(72-39)26-55-42(65)74-48(6,7)8/h29-40,60-63H,23-28H2,1-22H3,(H,54,64)(H,55,65)(H,56,66)(H,57,67)(H,58,68)(H,59,69)/t29?,30?,31?,32?,33-,34+,35?,36?,37?,38+,39?,40?/m0/s1. The van der Waals surface area contributed by atoms with Crippen LogP contribution in [0.1, 0.15) is 172 Å². The Hall–Kier alpha value is -4.50. The van der Waals surface area contributed by atoms with E-state index >= 15 is 0 Å². The van der Waals surface area contributed by atoms with Crippen molar-refractivity contribution in [3.63, 3.8) is 0 Å². The van der Waals surface area contributed by atoms with Crippen molar-refractivity contribution in [3.8, 4) is 0 Å². The molecule has 456 valence electrons. The highest BCUT2D eigenvalue weighted by atomic mass is 16.7. The van der Waals surface area contributed by atoms with Gasteiger partial charge in [0.2, 0.25) is 5.91 Å². The summed E-state index contributed by atoms with van der Waals surface area (Å²) >= 11 is 0. The number of aliphatic hydroxyl groups is 4. The fraction of sp³-hybridized carbons (Fsp3) is 0.887. The van der Waals surface area contributed by atoms with Gasteiger partial charge in [-0.15, -0.1) is 0 Å². The van der Waals surface area contributed by atoms with Gasteiger partial charge in [0, 0.05) is 24.9 Å². The maximum absolute atomic E-state index is 13.7. The van der Waals surface area contributed by atoms with E-state index in [-0.39, 0.29) is 30.8 Å². The number of carbonyl (C=O) groups is 6. The lowest BCUT2D eigenvalue weighted by Gasteiger charge is -2.42. The summed E-state index contributed by atoms with van der Waals surface area (Å²) in [5.74, 6) is -0.304. The molecule has 9 unspecified atom stereocenters. The third-order valence-electron chi connectivity index (χ3n) is 10.6. The zero-order chi connectivity index (χ0) is 60.7. The molecule has 6 amide bonds. The Morgan fingerprint density at radius 1 is 0.590 bits per heavy atom. The fourth-order valence-corrected chi connectivity index (χ4v) is 7.86. The van der Waals surface area contributed by atoms with Gasteiger partial charge in [-0.2, -0.15) is 0 Å². The van der Waals surface area contributed by atoms with Crippen molar-refractivity contribution in [1.82, 2.24) is 31.9 Å². The number of alkyl carbamates (subject to hydrolysis) is 5. The van der Waals surface area contributed by atoms with Crippen molar-refractivity contribution >= 4 is 36.4 Å². The van der Waals surface area contributed by atoms with Crippen LogP contribution in [-0.2, 0) is 47.4 Å². The highest BCUT2D eigenvalue weighted by Crippen LogP contribution is 2.33. The van der Waals surface area contributed by atoms with Crippen LogP contribution in [0.3, 0.4) is 0 Å². The number of nitrogens with one attached hydrogen (secondary N) is 6. The van der Waals surface area contributed by atoms with Gasteiger partial charge in [-0.1, -0.05) is 34.6 Å². The van der Waals surface area contributed by atoms with E-state index in [0.717, 1.165) is 0 Å². The van der Waals surface area contributed by atoms with E-state index in [9.17, 15) is 49.2 Å². The second kappa shape index (κ2) is 29.3. The summed E-state index contributed by atoms with van der Waals surface area (Å²) in [7, 11) is 0. The largest absolute Gasteiger partial charge is 0.444 e. The van der Waals surface area contributed by atoms with Gasteiger partial charge in [0.1, 0.15) is 40.2 Å². The predicted octanol–water partition coefficient (Wildman–Crippen LogP) is 5.35. The zero-order valence-corrected chi connectivity index (χ0v) is 50.6. The summed E-state index contributed by atoms with van der Waals surface area (Å²) in [6, 6.07) is -5.61. The van der Waals surface area contributed by atoms with Gasteiger partial charge < -0.3 is 95.0 Å². The highest BCUT2D eigenvalue weighted by Gasteiger charge is 2.44. The summed E-state index contributed by atoms with van der Waals surface area (Å²) in [4.78, 5) is 79.6. The van der Waals surface area contributed by atoms with Gasteiger partial charge in [0.05, 0.1) is 49.1 Å². The van der Waals surface area contributed by atoms with Gasteiger partial charge in [0.15, 0.2) is 18.9 Å². The minimum Gasteiger partial charge on any atom is -0.444 e. The van der Waals surface area contributed by atoms with E-state index in [1.807, 2.05) is 20.8 Å². The Balaban J connectivity index is 3.95. The monoisotopic (exact) mass is 1120 g/mol. The van der Waals surface area contributed by atoms with Gasteiger partial charge in [-0.3, -0.25) is 4.79 Å². The number of carbonyl (C=O) groups excluding carboxylic acids is 6. The smallest absolute Gasteiger partial charge is 0.408 e. The quantitative estimate of drug-likeness (QED) is 0.0455. The summed E-state index contributed by atoms with van der Waals surface area (Å²) in [5, 5.41) is 61.6. The van der Waals surface area contributed by atoms with E-state index in [2.05, 4.69) is 31.9 Å². The van der Waals surface area contributed by atoms with E-state index in [1.165, 1.54) is 13.8 Å². The van der Waals surface area contributed by atoms with Crippen molar-refractivity contribution in [1.29, 1.82) is 0 Å². The minimum atomic E-state index is -2.20. The highest BCUT2D eigenvalue weighted by molar-refractivity contribution is 5.81. The Morgan fingerprint density at radius 2 is 1.03 bits per heavy atom. The van der Waals surface area contributed by atoms with Crippen molar-refractivity contribution in [3.05, 3.63) is 0 Å². The third-order valence-corrected chi connectivity index (χ3v) is 10.6. The summed E-state index contributed by atoms with van der Waals surface area (Å²) in [5.41, 5.74) is -5.90. The van der Waals surface area contributed by atoms with Gasteiger partial charge in [-0.05, 0) is 136 Å². The molecule has 1 saturated heterocycles. The zero-order valence-electron chi connectivity index (χ0n) is 50.6. The van der Waals surface area contributed by atoms with Crippen LogP contribution in [0.25, 0.3) is 0 Å². The van der Waals surface area contributed by atoms with Crippen molar-refractivity contribution in [2.24, 2.45) is 10.8 Å². The summed E-state index contributed by atoms with van der Waals surface area (Å²) in [6.45, 7) is 35.7. The number of hydrogen-bond donors (Lipinski definition) is 10. The number of amides is 6. The second-order valence-corrected chi connectivity index (χ2v) is 26.7. The number of ether oxygens (including phenoxy) is 9. The van der Waals surface area contributed by atoms with Crippen molar-refractivity contribution in [2.75, 3.05) is 19.7 Å². The molecule has 0 aliphatic carbocycles. The molecule has 12 atom stereocenters. The Bertz CT molecular complexity index is 1920. The summed E-state index contributed by atoms with van der Waals surface area (Å²) < 4.78 is 52.3. The number of hydrogen-bond acceptors (Lipinski definition) is 19. The molecule has 1 aliphatic rings. The molecule has 1 fully saturated rings. The molecule has 0 aromatic rings. The molecular weight excluding hydrogens is 1020 g/mol. The van der Waals surface area contributed by atoms with Crippen LogP contribution in [0.15, 0.2) is 0 Å². The molecule has 25 nitrogen and oxygen atoms in total. The molecule has 1 heterocycles. The molecule has 0 radical (unpaired) electrons. The SMILES string of the molecule is CC(CNC(=O)C(C)(C)CC(C)(C)C)OC(O[C@@H](O)C(CC(NC(=O)OC(C)(C)C)C(C)OC1OC(CNC(=O)OC(C)(C)C)C(O)C[C@@H]1NC(=O)OC(C)(C)C)NC(=O)OC(C)(C)C)C(O)[C@@H](CO)NC(=O)OC(C)(C)C. The molecule has 1 aliphatic heterocycles. The number of rotatable bonds is 23. The van der Waals surface area contributed by atoms with Crippen LogP contribution in [0.5, 0.6) is 0 Å². The van der Waals surface area contributed by atoms with E-state index in [4.69, 9.17) is 42.6 Å². The third kappa shape index (κ3) is 30.2. The maximum atomic E-state index is 13.7. The van der Waals surface area contributed by atoms with Crippen LogP contribution < -0.4 is 31.9 Å². The van der Waals surface area contributed by atoms with Gasteiger partial charge in [0.25, 0.3) is 0 Å². The molecule has 0 spiro atoms. The van der Waals surface area contributed by atoms with Crippen LogP contribution in [-0.4, -0.2) is 178 Å². The first-order valence-electron chi connectivity index (χ1n) is 26.6. The first kappa shape index (κ1) is 71.5. The van der Waals surface area contributed by atoms with Gasteiger partial charge >= 0.3 is 30.5 Å². The lowest BCUT2D eigenvalue weighted by atomic mass is 9.76. The molecule has 0 aromatic carbocycles. The lowest BCUT2D eigenvalue weighted by Crippen LogP contribution is -2.60. The van der Waals surface area contributed by atoms with Crippen molar-refractivity contribution < 1.29 is 91.8 Å². The lowest BCUT2D eigenvalue weighted by molar-refractivity contribution is -0.282. The topological polar surface area (TPSA) is 339 Å². The Labute approximate surface area is 462 Å². The average molecular weight is 1130 g/mol.